The first-order chi connectivity index (χ1) is 8.29. The zero-order valence-electron chi connectivity index (χ0n) is 9.29. The van der Waals surface area contributed by atoms with Gasteiger partial charge in [-0.3, -0.25) is 0 Å². The van der Waals surface area contributed by atoms with Crippen LogP contribution in [-0.2, 0) is 6.18 Å². The fraction of sp³-hybridized carbons (Fsp3) is 0.182. The first kappa shape index (κ1) is 12.4. The number of nitrogens with zero attached hydrogens (tertiary/aromatic N) is 2. The minimum atomic E-state index is -4.58. The second-order valence-electron chi connectivity index (χ2n) is 3.79. The third-order valence-electron chi connectivity index (χ3n) is 2.41. The van der Waals surface area contributed by atoms with E-state index in [1.807, 2.05) is 0 Å². The normalized spacial score (nSPS) is 11.8. The lowest BCUT2D eigenvalue weighted by atomic mass is 10.2. The smallest absolute Gasteiger partial charge is 0.382 e. The van der Waals surface area contributed by atoms with Crippen molar-refractivity contribution in [1.82, 2.24) is 9.78 Å². The van der Waals surface area contributed by atoms with Crippen LogP contribution in [0.1, 0.15) is 11.3 Å². The summed E-state index contributed by atoms with van der Waals surface area (Å²) in [6, 6.07) is 4.17. The van der Waals surface area contributed by atoms with Crippen molar-refractivity contribution in [2.75, 3.05) is 5.73 Å². The molecule has 18 heavy (non-hydrogen) atoms. The van der Waals surface area contributed by atoms with Crippen LogP contribution in [0.15, 0.2) is 24.3 Å². The van der Waals surface area contributed by atoms with Crippen molar-refractivity contribution in [3.8, 4) is 5.69 Å². The summed E-state index contributed by atoms with van der Waals surface area (Å²) < 4.78 is 51.9. The molecule has 0 bridgehead atoms. The first-order valence-electron chi connectivity index (χ1n) is 4.98. The minimum absolute atomic E-state index is 0.139. The number of benzene rings is 1. The van der Waals surface area contributed by atoms with Gasteiger partial charge < -0.3 is 5.73 Å². The summed E-state index contributed by atoms with van der Waals surface area (Å²) >= 11 is 0. The molecule has 2 rings (SSSR count). The summed E-state index contributed by atoms with van der Waals surface area (Å²) in [6.45, 7) is 1.50. The van der Waals surface area contributed by atoms with Gasteiger partial charge in [0.25, 0.3) is 0 Å². The summed E-state index contributed by atoms with van der Waals surface area (Å²) in [5, 5.41) is 3.59. The van der Waals surface area contributed by atoms with Crippen molar-refractivity contribution in [3.63, 3.8) is 0 Å². The molecule has 0 saturated heterocycles. The largest absolute Gasteiger partial charge is 0.433 e. The Morgan fingerprint density at radius 3 is 2.44 bits per heavy atom. The van der Waals surface area contributed by atoms with E-state index in [4.69, 9.17) is 5.73 Å². The molecule has 1 aromatic carbocycles. The Kier molecular flexibility index (Phi) is 2.76. The van der Waals surface area contributed by atoms with E-state index in [1.54, 1.807) is 0 Å². The molecule has 0 amide bonds. The molecule has 0 unspecified atom stereocenters. The lowest BCUT2D eigenvalue weighted by Gasteiger charge is -2.12. The van der Waals surface area contributed by atoms with Gasteiger partial charge in [-0.2, -0.15) is 18.3 Å². The average Bonchev–Trinajstić information content (AvgIpc) is 2.59. The summed E-state index contributed by atoms with van der Waals surface area (Å²) in [5.41, 5.74) is 4.77. The van der Waals surface area contributed by atoms with E-state index in [2.05, 4.69) is 5.10 Å². The summed E-state index contributed by atoms with van der Waals surface area (Å²) in [5.74, 6) is -0.768. The Hall–Kier alpha value is -2.05. The van der Waals surface area contributed by atoms with Gasteiger partial charge in [-0.1, -0.05) is 0 Å². The van der Waals surface area contributed by atoms with Gasteiger partial charge in [-0.15, -0.1) is 0 Å². The van der Waals surface area contributed by atoms with E-state index in [0.717, 1.165) is 18.2 Å². The number of halogens is 4. The van der Waals surface area contributed by atoms with Crippen LogP contribution in [-0.4, -0.2) is 9.78 Å². The van der Waals surface area contributed by atoms with Crippen molar-refractivity contribution in [1.29, 1.82) is 0 Å². The summed E-state index contributed by atoms with van der Waals surface area (Å²) in [7, 11) is 0. The Morgan fingerprint density at radius 2 is 1.89 bits per heavy atom. The van der Waals surface area contributed by atoms with Crippen LogP contribution in [0.2, 0.25) is 0 Å². The van der Waals surface area contributed by atoms with Crippen LogP contribution < -0.4 is 5.73 Å². The molecule has 0 aliphatic heterocycles. The van der Waals surface area contributed by atoms with Crippen molar-refractivity contribution in [3.05, 3.63) is 41.3 Å². The number of anilines is 1. The zero-order chi connectivity index (χ0) is 13.5. The van der Waals surface area contributed by atoms with Crippen LogP contribution in [0.5, 0.6) is 0 Å². The van der Waals surface area contributed by atoms with E-state index in [1.165, 1.54) is 13.0 Å². The van der Waals surface area contributed by atoms with Gasteiger partial charge in [0.2, 0.25) is 0 Å². The first-order valence-corrected chi connectivity index (χ1v) is 4.98. The van der Waals surface area contributed by atoms with E-state index in [0.29, 0.717) is 10.2 Å². The van der Waals surface area contributed by atoms with Gasteiger partial charge in [0.15, 0.2) is 0 Å². The number of aryl methyl sites for hydroxylation is 1. The Balaban J connectivity index is 2.64. The zero-order valence-corrected chi connectivity index (χ0v) is 9.29. The van der Waals surface area contributed by atoms with Crippen molar-refractivity contribution >= 4 is 5.82 Å². The Labute approximate surface area is 99.8 Å². The highest BCUT2D eigenvalue weighted by Crippen LogP contribution is 2.32. The summed E-state index contributed by atoms with van der Waals surface area (Å²) in [4.78, 5) is 0. The molecule has 0 spiro atoms. The van der Waals surface area contributed by atoms with Crippen molar-refractivity contribution in [2.45, 2.75) is 13.1 Å². The van der Waals surface area contributed by atoms with E-state index >= 15 is 0 Å². The summed E-state index contributed by atoms with van der Waals surface area (Å²) in [6.07, 6.45) is -4.58. The fourth-order valence-electron chi connectivity index (χ4n) is 1.64. The van der Waals surface area contributed by atoms with Gasteiger partial charge in [-0.05, 0) is 30.7 Å². The van der Waals surface area contributed by atoms with Crippen LogP contribution in [0.3, 0.4) is 0 Å². The molecule has 0 atom stereocenters. The molecule has 0 aliphatic rings. The fourth-order valence-corrected chi connectivity index (χ4v) is 1.64. The number of hydrogen-bond acceptors (Lipinski definition) is 2. The van der Waals surface area contributed by atoms with E-state index in [9.17, 15) is 17.6 Å². The standard InChI is InChI=1S/C11H9F4N3/c1-6-4-7(12)2-3-8(6)18-9(11(13,14)15)5-10(16)17-18/h2-5H,1H3,(H2,16,17). The van der Waals surface area contributed by atoms with E-state index < -0.39 is 17.7 Å². The van der Waals surface area contributed by atoms with Crippen LogP contribution in [0, 0.1) is 12.7 Å². The predicted octanol–water partition coefficient (Wildman–Crippen LogP) is 2.92. The number of nitrogen functional groups attached to an aromatic ring is 1. The Morgan fingerprint density at radius 1 is 1.22 bits per heavy atom. The molecule has 1 aromatic heterocycles. The SMILES string of the molecule is Cc1cc(F)ccc1-n1nc(N)cc1C(F)(F)F. The second-order valence-corrected chi connectivity index (χ2v) is 3.79. The number of hydrogen-bond donors (Lipinski definition) is 1. The molecule has 2 N–H and O–H groups in total. The molecule has 2 aromatic rings. The monoisotopic (exact) mass is 259 g/mol. The highest BCUT2D eigenvalue weighted by Gasteiger charge is 2.36. The maximum absolute atomic E-state index is 12.9. The quantitative estimate of drug-likeness (QED) is 0.800. The van der Waals surface area contributed by atoms with Gasteiger partial charge in [0.1, 0.15) is 17.3 Å². The van der Waals surface area contributed by atoms with Crippen molar-refractivity contribution < 1.29 is 17.6 Å². The van der Waals surface area contributed by atoms with E-state index in [-0.39, 0.29) is 11.5 Å². The van der Waals surface area contributed by atoms with Gasteiger partial charge in [-0.25, -0.2) is 9.07 Å². The van der Waals surface area contributed by atoms with Crippen LogP contribution >= 0.6 is 0 Å². The van der Waals surface area contributed by atoms with Gasteiger partial charge in [0, 0.05) is 6.07 Å². The predicted molar refractivity (Wildman–Crippen MR) is 57.7 cm³/mol. The molecule has 3 nitrogen and oxygen atoms in total. The molecule has 0 radical (unpaired) electrons. The van der Waals surface area contributed by atoms with Crippen molar-refractivity contribution in [2.24, 2.45) is 0 Å². The third kappa shape index (κ3) is 2.15. The lowest BCUT2D eigenvalue weighted by Crippen LogP contribution is -2.14. The number of rotatable bonds is 1. The molecular formula is C11H9F4N3. The number of alkyl halides is 3. The molecular weight excluding hydrogens is 250 g/mol. The number of aromatic nitrogens is 2. The molecule has 96 valence electrons. The highest BCUT2D eigenvalue weighted by atomic mass is 19.4. The topological polar surface area (TPSA) is 43.8 Å². The molecule has 0 fully saturated rings. The maximum atomic E-state index is 12.9. The number of nitrogens with two attached hydrogens (primary N) is 1. The Bertz CT molecular complexity index is 586. The molecule has 1 heterocycles. The van der Waals surface area contributed by atoms with Crippen LogP contribution in [0.25, 0.3) is 5.69 Å². The molecule has 0 aliphatic carbocycles. The van der Waals surface area contributed by atoms with Crippen LogP contribution in [0.4, 0.5) is 23.4 Å². The van der Waals surface area contributed by atoms with Gasteiger partial charge in [0.05, 0.1) is 5.69 Å². The second kappa shape index (κ2) is 4.01. The minimum Gasteiger partial charge on any atom is -0.382 e. The van der Waals surface area contributed by atoms with Gasteiger partial charge >= 0.3 is 6.18 Å². The average molecular weight is 259 g/mol. The molecule has 0 saturated carbocycles. The highest BCUT2D eigenvalue weighted by molar-refractivity contribution is 5.44. The lowest BCUT2D eigenvalue weighted by molar-refractivity contribution is -0.142. The third-order valence-corrected chi connectivity index (χ3v) is 2.41. The maximum Gasteiger partial charge on any atom is 0.433 e. The molecule has 7 heteroatoms.